The number of rotatable bonds is 11. The number of benzene rings is 2. The second kappa shape index (κ2) is 10.5. The second-order valence-electron chi connectivity index (χ2n) is 9.93. The fraction of sp³-hybridized carbons (Fsp3) is 0.586. The van der Waals surface area contributed by atoms with Crippen molar-refractivity contribution in [2.75, 3.05) is 13.1 Å². The Morgan fingerprint density at radius 3 is 1.88 bits per heavy atom. The highest BCUT2D eigenvalue weighted by Gasteiger charge is 2.43. The predicted octanol–water partition coefficient (Wildman–Crippen LogP) is 8.20. The highest BCUT2D eigenvalue weighted by molar-refractivity contribution is 6.25. The van der Waals surface area contributed by atoms with E-state index in [0.717, 1.165) is 51.6 Å². The van der Waals surface area contributed by atoms with Crippen LogP contribution in [0.5, 0.6) is 0 Å². The molecule has 1 nitrogen and oxygen atoms in total. The Labute approximate surface area is 205 Å². The summed E-state index contributed by atoms with van der Waals surface area (Å²) in [4.78, 5) is 2.35. The largest absolute Gasteiger partial charge is 0.300 e. The Hall–Kier alpha value is -1.02. The average molecular weight is 473 g/mol. The van der Waals surface area contributed by atoms with Crippen LogP contribution in [0.4, 0.5) is 0 Å². The zero-order chi connectivity index (χ0) is 22.6. The SMILES string of the molecule is CCC(CCc1c(C2(Cl)CCC2)cccc1C1(Cl)CCC1)N(CC)CCc1ccccc1. The number of halogens is 2. The summed E-state index contributed by atoms with van der Waals surface area (Å²) in [5.74, 6) is 0. The van der Waals surface area contributed by atoms with Crippen LogP contribution < -0.4 is 0 Å². The molecule has 2 aliphatic carbocycles. The highest BCUT2D eigenvalue weighted by Crippen LogP contribution is 2.53. The van der Waals surface area contributed by atoms with Gasteiger partial charge in [0.15, 0.2) is 0 Å². The third kappa shape index (κ3) is 5.06. The van der Waals surface area contributed by atoms with Crippen LogP contribution in [0.3, 0.4) is 0 Å². The van der Waals surface area contributed by atoms with Gasteiger partial charge in [0, 0.05) is 12.6 Å². The molecule has 1 atom stereocenters. The molecule has 4 rings (SSSR count). The van der Waals surface area contributed by atoms with Crippen molar-refractivity contribution in [2.45, 2.75) is 93.8 Å². The normalized spacial score (nSPS) is 19.9. The van der Waals surface area contributed by atoms with Crippen LogP contribution in [0, 0.1) is 0 Å². The summed E-state index contributed by atoms with van der Waals surface area (Å²) in [5.41, 5.74) is 5.64. The number of likely N-dealkylation sites (N-methyl/N-ethyl adjacent to an activating group) is 1. The molecule has 2 aromatic carbocycles. The predicted molar refractivity (Wildman–Crippen MR) is 139 cm³/mol. The van der Waals surface area contributed by atoms with Gasteiger partial charge in [-0.05, 0) is 93.0 Å². The minimum Gasteiger partial charge on any atom is -0.300 e. The first-order chi connectivity index (χ1) is 15.5. The van der Waals surface area contributed by atoms with Gasteiger partial charge in [-0.25, -0.2) is 0 Å². The molecule has 0 radical (unpaired) electrons. The van der Waals surface area contributed by atoms with Gasteiger partial charge in [0.05, 0.1) is 9.75 Å². The Morgan fingerprint density at radius 1 is 0.812 bits per heavy atom. The standard InChI is InChI=1S/C29H39Cl2N/c1-3-24(32(4-2)22-17-23-11-6-5-7-12-23)15-16-25-26(28(30)18-9-19-28)13-8-14-27(25)29(31)20-10-21-29/h5-8,11-14,24H,3-4,9-10,15-22H2,1-2H3. The molecule has 32 heavy (non-hydrogen) atoms. The molecule has 2 aromatic rings. The number of alkyl halides is 2. The Morgan fingerprint density at radius 2 is 1.41 bits per heavy atom. The lowest BCUT2D eigenvalue weighted by atomic mass is 9.71. The lowest BCUT2D eigenvalue weighted by Gasteiger charge is -2.42. The van der Waals surface area contributed by atoms with Crippen molar-refractivity contribution >= 4 is 23.2 Å². The summed E-state index contributed by atoms with van der Waals surface area (Å²) in [6.07, 6.45) is 11.4. The maximum absolute atomic E-state index is 7.12. The van der Waals surface area contributed by atoms with E-state index in [4.69, 9.17) is 23.2 Å². The molecule has 0 aromatic heterocycles. The number of nitrogens with zero attached hydrogens (tertiary/aromatic N) is 1. The Balaban J connectivity index is 1.51. The van der Waals surface area contributed by atoms with Crippen LogP contribution in [-0.2, 0) is 22.6 Å². The van der Waals surface area contributed by atoms with Gasteiger partial charge in [0.25, 0.3) is 0 Å². The molecule has 3 heteroatoms. The van der Waals surface area contributed by atoms with Gasteiger partial charge < -0.3 is 4.90 Å². The highest BCUT2D eigenvalue weighted by atomic mass is 35.5. The zero-order valence-electron chi connectivity index (χ0n) is 19.9. The third-order valence-corrected chi connectivity index (χ3v) is 9.25. The fourth-order valence-electron chi connectivity index (χ4n) is 5.68. The quantitative estimate of drug-likeness (QED) is 0.298. The molecule has 2 saturated carbocycles. The van der Waals surface area contributed by atoms with E-state index in [-0.39, 0.29) is 9.75 Å². The third-order valence-electron chi connectivity index (χ3n) is 8.09. The molecule has 0 N–H and O–H groups in total. The van der Waals surface area contributed by atoms with Crippen molar-refractivity contribution in [3.8, 4) is 0 Å². The molecular formula is C29H39Cl2N. The van der Waals surface area contributed by atoms with Crippen molar-refractivity contribution in [3.05, 3.63) is 70.8 Å². The first-order valence-corrected chi connectivity index (χ1v) is 13.5. The smallest absolute Gasteiger partial charge is 0.0697 e. The summed E-state index contributed by atoms with van der Waals surface area (Å²) in [7, 11) is 0. The van der Waals surface area contributed by atoms with Gasteiger partial charge >= 0.3 is 0 Å². The van der Waals surface area contributed by atoms with Crippen LogP contribution in [0.25, 0.3) is 0 Å². The molecule has 2 fully saturated rings. The molecule has 2 aliphatic rings. The number of hydrogen-bond donors (Lipinski definition) is 0. The van der Waals surface area contributed by atoms with Gasteiger partial charge in [-0.3, -0.25) is 0 Å². The van der Waals surface area contributed by atoms with E-state index in [1.54, 1.807) is 0 Å². The molecule has 174 valence electrons. The first kappa shape index (κ1) is 24.1. The van der Waals surface area contributed by atoms with Crippen LogP contribution >= 0.6 is 23.2 Å². The molecule has 0 saturated heterocycles. The molecule has 0 bridgehead atoms. The van der Waals surface area contributed by atoms with Crippen LogP contribution in [0.15, 0.2) is 48.5 Å². The maximum atomic E-state index is 7.12. The zero-order valence-corrected chi connectivity index (χ0v) is 21.4. The van der Waals surface area contributed by atoms with E-state index in [2.05, 4.69) is 67.3 Å². The van der Waals surface area contributed by atoms with E-state index in [9.17, 15) is 0 Å². The van der Waals surface area contributed by atoms with E-state index < -0.39 is 0 Å². The van der Waals surface area contributed by atoms with E-state index in [0.29, 0.717) is 6.04 Å². The molecule has 0 amide bonds. The lowest BCUT2D eigenvalue weighted by molar-refractivity contribution is 0.192. The van der Waals surface area contributed by atoms with Crippen molar-refractivity contribution in [1.82, 2.24) is 4.90 Å². The van der Waals surface area contributed by atoms with Gasteiger partial charge in [-0.1, -0.05) is 62.4 Å². The minimum atomic E-state index is -0.165. The molecule has 0 aliphatic heterocycles. The first-order valence-electron chi connectivity index (χ1n) is 12.8. The summed E-state index contributed by atoms with van der Waals surface area (Å²) < 4.78 is 0. The summed E-state index contributed by atoms with van der Waals surface area (Å²) in [6, 6.07) is 18.2. The number of hydrogen-bond acceptors (Lipinski definition) is 1. The maximum Gasteiger partial charge on any atom is 0.0697 e. The topological polar surface area (TPSA) is 3.24 Å². The van der Waals surface area contributed by atoms with E-state index in [1.807, 2.05) is 0 Å². The van der Waals surface area contributed by atoms with Crippen LogP contribution in [0.2, 0.25) is 0 Å². The monoisotopic (exact) mass is 471 g/mol. The van der Waals surface area contributed by atoms with Crippen molar-refractivity contribution in [1.29, 1.82) is 0 Å². The molecule has 1 unspecified atom stereocenters. The van der Waals surface area contributed by atoms with Crippen molar-refractivity contribution < 1.29 is 0 Å². The lowest BCUT2D eigenvalue weighted by Crippen LogP contribution is -2.37. The molecule has 0 heterocycles. The Bertz CT molecular complexity index is 832. The fourth-order valence-corrected chi connectivity index (χ4v) is 6.57. The second-order valence-corrected chi connectivity index (χ2v) is 11.4. The minimum absolute atomic E-state index is 0.165. The summed E-state index contributed by atoms with van der Waals surface area (Å²) >= 11 is 14.2. The van der Waals surface area contributed by atoms with Gasteiger partial charge in [0.2, 0.25) is 0 Å². The molecule has 0 spiro atoms. The molecular weight excluding hydrogens is 433 g/mol. The summed E-state index contributed by atoms with van der Waals surface area (Å²) in [6.45, 7) is 6.86. The summed E-state index contributed by atoms with van der Waals surface area (Å²) in [5, 5.41) is 0. The van der Waals surface area contributed by atoms with E-state index >= 15 is 0 Å². The Kier molecular flexibility index (Phi) is 7.91. The van der Waals surface area contributed by atoms with Crippen LogP contribution in [0.1, 0.15) is 87.5 Å². The van der Waals surface area contributed by atoms with Crippen molar-refractivity contribution in [2.24, 2.45) is 0 Å². The van der Waals surface area contributed by atoms with Gasteiger partial charge in [-0.15, -0.1) is 23.2 Å². The average Bonchev–Trinajstić information content (AvgIpc) is 2.78. The van der Waals surface area contributed by atoms with E-state index in [1.165, 1.54) is 47.9 Å². The van der Waals surface area contributed by atoms with Crippen LogP contribution in [-0.4, -0.2) is 24.0 Å². The van der Waals surface area contributed by atoms with Gasteiger partial charge in [0.1, 0.15) is 0 Å². The van der Waals surface area contributed by atoms with Crippen molar-refractivity contribution in [3.63, 3.8) is 0 Å². The van der Waals surface area contributed by atoms with Gasteiger partial charge in [-0.2, -0.15) is 0 Å².